The standard InChI is InChI=1S/C15H24N2O3S/c1-11(13(18)19)6-4-8-16-14(20)17-10-15(2,3)12-7-5-9-21-12/h5,7,9,11H,4,6,8,10H2,1-3H3,(H,18,19)(H2,16,17,20). The summed E-state index contributed by atoms with van der Waals surface area (Å²) in [5.41, 5.74) is -0.0939. The van der Waals surface area contributed by atoms with Crippen LogP contribution in [0.2, 0.25) is 0 Å². The highest BCUT2D eigenvalue weighted by Crippen LogP contribution is 2.26. The molecule has 5 nitrogen and oxygen atoms in total. The molecule has 1 aromatic heterocycles. The monoisotopic (exact) mass is 312 g/mol. The minimum Gasteiger partial charge on any atom is -0.481 e. The molecule has 0 saturated heterocycles. The number of hydrogen-bond donors (Lipinski definition) is 3. The first kappa shape index (κ1) is 17.5. The van der Waals surface area contributed by atoms with Crippen molar-refractivity contribution in [2.75, 3.05) is 13.1 Å². The van der Waals surface area contributed by atoms with E-state index in [9.17, 15) is 9.59 Å². The van der Waals surface area contributed by atoms with Gasteiger partial charge in [0.05, 0.1) is 5.92 Å². The van der Waals surface area contributed by atoms with Gasteiger partial charge in [-0.2, -0.15) is 0 Å². The molecule has 1 heterocycles. The van der Waals surface area contributed by atoms with Crippen LogP contribution in [0.15, 0.2) is 17.5 Å². The van der Waals surface area contributed by atoms with Crippen molar-refractivity contribution >= 4 is 23.3 Å². The van der Waals surface area contributed by atoms with Crippen LogP contribution in [0.1, 0.15) is 38.5 Å². The van der Waals surface area contributed by atoms with Crippen molar-refractivity contribution in [2.24, 2.45) is 5.92 Å². The van der Waals surface area contributed by atoms with Gasteiger partial charge >= 0.3 is 12.0 Å². The van der Waals surface area contributed by atoms with Crippen molar-refractivity contribution in [3.63, 3.8) is 0 Å². The van der Waals surface area contributed by atoms with Crippen LogP contribution >= 0.6 is 11.3 Å². The number of carbonyl (C=O) groups is 2. The van der Waals surface area contributed by atoms with E-state index < -0.39 is 5.97 Å². The fourth-order valence-corrected chi connectivity index (χ4v) is 2.70. The van der Waals surface area contributed by atoms with Crippen molar-refractivity contribution < 1.29 is 14.7 Å². The fourth-order valence-electron chi connectivity index (χ4n) is 1.85. The zero-order valence-corrected chi connectivity index (χ0v) is 13.6. The van der Waals surface area contributed by atoms with E-state index >= 15 is 0 Å². The second-order valence-electron chi connectivity index (χ2n) is 5.85. The first-order valence-electron chi connectivity index (χ1n) is 7.11. The number of urea groups is 1. The Morgan fingerprint density at radius 2 is 2.10 bits per heavy atom. The third-order valence-corrected chi connectivity index (χ3v) is 4.64. The van der Waals surface area contributed by atoms with Gasteiger partial charge in [0, 0.05) is 23.4 Å². The highest BCUT2D eigenvalue weighted by Gasteiger charge is 2.22. The molecule has 6 heteroatoms. The normalized spacial score (nSPS) is 12.7. The second-order valence-corrected chi connectivity index (χ2v) is 6.80. The van der Waals surface area contributed by atoms with Gasteiger partial charge in [0.2, 0.25) is 0 Å². The third kappa shape index (κ3) is 6.16. The molecule has 0 aliphatic rings. The Labute approximate surface area is 129 Å². The maximum absolute atomic E-state index is 11.7. The number of amides is 2. The summed E-state index contributed by atoms with van der Waals surface area (Å²) in [6.45, 7) is 6.90. The largest absolute Gasteiger partial charge is 0.481 e. The Kier molecular flexibility index (Phi) is 6.68. The number of carboxylic acids is 1. The first-order chi connectivity index (χ1) is 9.83. The Morgan fingerprint density at radius 3 is 2.67 bits per heavy atom. The van der Waals surface area contributed by atoms with Crippen LogP contribution in [0.25, 0.3) is 0 Å². The number of carbonyl (C=O) groups excluding carboxylic acids is 1. The van der Waals surface area contributed by atoms with Gasteiger partial charge in [0.15, 0.2) is 0 Å². The number of hydrogen-bond acceptors (Lipinski definition) is 3. The molecular formula is C15H24N2O3S. The van der Waals surface area contributed by atoms with Gasteiger partial charge in [0.25, 0.3) is 0 Å². The van der Waals surface area contributed by atoms with Gasteiger partial charge in [-0.3, -0.25) is 4.79 Å². The van der Waals surface area contributed by atoms with Gasteiger partial charge in [-0.15, -0.1) is 11.3 Å². The third-order valence-electron chi connectivity index (χ3n) is 3.40. The summed E-state index contributed by atoms with van der Waals surface area (Å²) >= 11 is 1.68. The Balaban J connectivity index is 2.21. The van der Waals surface area contributed by atoms with Crippen LogP contribution in [0.5, 0.6) is 0 Å². The average Bonchev–Trinajstić information content (AvgIpc) is 2.96. The van der Waals surface area contributed by atoms with Gasteiger partial charge in [-0.25, -0.2) is 4.79 Å². The maximum atomic E-state index is 11.7. The second kappa shape index (κ2) is 8.02. The summed E-state index contributed by atoms with van der Waals surface area (Å²) < 4.78 is 0. The Bertz CT molecular complexity index is 457. The summed E-state index contributed by atoms with van der Waals surface area (Å²) in [5, 5.41) is 16.4. The molecule has 0 bridgehead atoms. The molecule has 21 heavy (non-hydrogen) atoms. The molecule has 0 radical (unpaired) electrons. The zero-order valence-electron chi connectivity index (χ0n) is 12.8. The summed E-state index contributed by atoms with van der Waals surface area (Å²) in [6.07, 6.45) is 1.23. The average molecular weight is 312 g/mol. The van der Waals surface area contributed by atoms with Crippen LogP contribution in [0.3, 0.4) is 0 Å². The molecule has 0 aliphatic carbocycles. The van der Waals surface area contributed by atoms with E-state index in [0.717, 1.165) is 0 Å². The van der Waals surface area contributed by atoms with Crippen molar-refractivity contribution in [1.82, 2.24) is 10.6 Å². The van der Waals surface area contributed by atoms with Gasteiger partial charge in [-0.1, -0.05) is 26.8 Å². The van der Waals surface area contributed by atoms with Crippen LogP contribution in [-0.2, 0) is 10.2 Å². The Hall–Kier alpha value is -1.56. The molecule has 1 atom stereocenters. The molecule has 0 aliphatic heterocycles. The number of nitrogens with one attached hydrogen (secondary N) is 2. The predicted octanol–water partition coefficient (Wildman–Crippen LogP) is 2.83. The van der Waals surface area contributed by atoms with Gasteiger partial charge in [-0.05, 0) is 24.3 Å². The molecule has 2 amide bonds. The summed E-state index contributed by atoms with van der Waals surface area (Å²) in [4.78, 5) is 23.6. The number of thiophene rings is 1. The molecule has 0 fully saturated rings. The highest BCUT2D eigenvalue weighted by atomic mass is 32.1. The Morgan fingerprint density at radius 1 is 1.38 bits per heavy atom. The number of carboxylic acid groups (broad SMARTS) is 1. The molecule has 1 unspecified atom stereocenters. The van der Waals surface area contributed by atoms with Crippen molar-refractivity contribution in [3.8, 4) is 0 Å². The molecule has 0 spiro atoms. The van der Waals surface area contributed by atoms with E-state index in [1.165, 1.54) is 4.88 Å². The lowest BCUT2D eigenvalue weighted by Crippen LogP contribution is -2.42. The van der Waals surface area contributed by atoms with Gasteiger partial charge in [0.1, 0.15) is 0 Å². The molecular weight excluding hydrogens is 288 g/mol. The topological polar surface area (TPSA) is 78.4 Å². The lowest BCUT2D eigenvalue weighted by Gasteiger charge is -2.23. The molecule has 0 aromatic carbocycles. The lowest BCUT2D eigenvalue weighted by molar-refractivity contribution is -0.141. The predicted molar refractivity (Wildman–Crippen MR) is 84.8 cm³/mol. The molecule has 118 valence electrons. The van der Waals surface area contributed by atoms with E-state index in [4.69, 9.17) is 5.11 Å². The molecule has 1 rings (SSSR count). The van der Waals surface area contributed by atoms with Crippen LogP contribution < -0.4 is 10.6 Å². The van der Waals surface area contributed by atoms with E-state index in [2.05, 4.69) is 30.5 Å². The highest BCUT2D eigenvalue weighted by molar-refractivity contribution is 7.10. The van der Waals surface area contributed by atoms with E-state index in [-0.39, 0.29) is 17.4 Å². The minimum atomic E-state index is -0.794. The quantitative estimate of drug-likeness (QED) is 0.646. The molecule has 1 aromatic rings. The van der Waals surface area contributed by atoms with Crippen LogP contribution in [-0.4, -0.2) is 30.2 Å². The fraction of sp³-hybridized carbons (Fsp3) is 0.600. The van der Waals surface area contributed by atoms with Gasteiger partial charge < -0.3 is 15.7 Å². The molecule has 0 saturated carbocycles. The minimum absolute atomic E-state index is 0.0939. The number of rotatable bonds is 8. The summed E-state index contributed by atoms with van der Waals surface area (Å²) in [5.74, 6) is -1.16. The first-order valence-corrected chi connectivity index (χ1v) is 7.99. The van der Waals surface area contributed by atoms with Crippen molar-refractivity contribution in [3.05, 3.63) is 22.4 Å². The van der Waals surface area contributed by atoms with Crippen LogP contribution in [0.4, 0.5) is 4.79 Å². The lowest BCUT2D eigenvalue weighted by atomic mass is 9.91. The SMILES string of the molecule is CC(CCCNC(=O)NCC(C)(C)c1cccs1)C(=O)O. The maximum Gasteiger partial charge on any atom is 0.314 e. The van der Waals surface area contributed by atoms with E-state index in [0.29, 0.717) is 25.9 Å². The van der Waals surface area contributed by atoms with Crippen molar-refractivity contribution in [2.45, 2.75) is 39.0 Å². The number of aliphatic carboxylic acids is 1. The summed E-state index contributed by atoms with van der Waals surface area (Å²) in [6, 6.07) is 3.87. The van der Waals surface area contributed by atoms with E-state index in [1.807, 2.05) is 11.4 Å². The van der Waals surface area contributed by atoms with Crippen LogP contribution in [0, 0.1) is 5.92 Å². The summed E-state index contributed by atoms with van der Waals surface area (Å²) in [7, 11) is 0. The van der Waals surface area contributed by atoms with Crippen molar-refractivity contribution in [1.29, 1.82) is 0 Å². The smallest absolute Gasteiger partial charge is 0.314 e. The molecule has 3 N–H and O–H groups in total. The zero-order chi connectivity index (χ0) is 15.9. The van der Waals surface area contributed by atoms with E-state index in [1.54, 1.807) is 18.3 Å².